The molecule has 1 atom stereocenters. The van der Waals surface area contributed by atoms with Gasteiger partial charge in [0.25, 0.3) is 0 Å². The van der Waals surface area contributed by atoms with Crippen molar-refractivity contribution in [1.82, 2.24) is 14.9 Å². The summed E-state index contributed by atoms with van der Waals surface area (Å²) in [6, 6.07) is 8.50. The largest absolute Gasteiger partial charge is 0.497 e. The molecule has 4 heteroatoms. The summed E-state index contributed by atoms with van der Waals surface area (Å²) in [6.07, 6.45) is 4.74. The Bertz CT molecular complexity index is 504. The second-order valence-corrected chi connectivity index (χ2v) is 4.65. The second kappa shape index (κ2) is 6.38. The highest BCUT2D eigenvalue weighted by molar-refractivity contribution is 5.28. The van der Waals surface area contributed by atoms with Gasteiger partial charge in [-0.25, -0.2) is 4.98 Å². The van der Waals surface area contributed by atoms with E-state index >= 15 is 0 Å². The lowest BCUT2D eigenvalue weighted by molar-refractivity contribution is 0.414. The summed E-state index contributed by atoms with van der Waals surface area (Å²) in [7, 11) is 3.71. The number of nitrogens with one attached hydrogen (secondary N) is 1. The molecule has 0 saturated carbocycles. The molecule has 1 N–H and O–H groups in total. The molecule has 1 aromatic heterocycles. The number of hydrogen-bond donors (Lipinski definition) is 1. The summed E-state index contributed by atoms with van der Waals surface area (Å²) in [5.41, 5.74) is 1.26. The fourth-order valence-electron chi connectivity index (χ4n) is 2.05. The van der Waals surface area contributed by atoms with Gasteiger partial charge in [-0.1, -0.05) is 12.1 Å². The van der Waals surface area contributed by atoms with Crippen molar-refractivity contribution in [3.8, 4) is 5.75 Å². The fourth-order valence-corrected chi connectivity index (χ4v) is 2.05. The van der Waals surface area contributed by atoms with Crippen molar-refractivity contribution in [2.45, 2.75) is 19.4 Å². The monoisotopic (exact) mass is 259 g/mol. The summed E-state index contributed by atoms with van der Waals surface area (Å²) in [6.45, 7) is 3.08. The van der Waals surface area contributed by atoms with E-state index in [2.05, 4.69) is 33.9 Å². The van der Waals surface area contributed by atoms with E-state index in [-0.39, 0.29) is 0 Å². The smallest absolute Gasteiger partial charge is 0.118 e. The van der Waals surface area contributed by atoms with Gasteiger partial charge >= 0.3 is 0 Å². The summed E-state index contributed by atoms with van der Waals surface area (Å²) in [5.74, 6) is 2.00. The standard InChI is InChI=1S/C15H21N3O/c1-12(13-4-6-14(19-3)7-5-13)16-9-8-15-17-10-11-18(15)2/h4-7,10-12,16H,8-9H2,1-3H3/t12-/m0/s1. The van der Waals surface area contributed by atoms with Gasteiger partial charge in [-0.3, -0.25) is 0 Å². The van der Waals surface area contributed by atoms with Gasteiger partial charge in [0.2, 0.25) is 0 Å². The van der Waals surface area contributed by atoms with Crippen LogP contribution in [0.2, 0.25) is 0 Å². The third-order valence-electron chi connectivity index (χ3n) is 3.34. The van der Waals surface area contributed by atoms with Gasteiger partial charge in [0.15, 0.2) is 0 Å². The van der Waals surface area contributed by atoms with E-state index in [0.717, 1.165) is 24.5 Å². The van der Waals surface area contributed by atoms with Crippen LogP contribution in [0.4, 0.5) is 0 Å². The van der Waals surface area contributed by atoms with E-state index in [9.17, 15) is 0 Å². The van der Waals surface area contributed by atoms with Crippen LogP contribution in [0.5, 0.6) is 5.75 Å². The average Bonchev–Trinajstić information content (AvgIpc) is 2.84. The summed E-state index contributed by atoms with van der Waals surface area (Å²) < 4.78 is 7.22. The van der Waals surface area contributed by atoms with Gasteiger partial charge in [-0.15, -0.1) is 0 Å². The lowest BCUT2D eigenvalue weighted by Crippen LogP contribution is -2.22. The van der Waals surface area contributed by atoms with Crippen LogP contribution in [-0.2, 0) is 13.5 Å². The number of rotatable bonds is 6. The van der Waals surface area contributed by atoms with Crippen LogP contribution < -0.4 is 10.1 Å². The average molecular weight is 259 g/mol. The van der Waals surface area contributed by atoms with E-state index in [1.807, 2.05) is 31.6 Å². The van der Waals surface area contributed by atoms with E-state index in [1.165, 1.54) is 5.56 Å². The summed E-state index contributed by atoms with van der Waals surface area (Å²) in [5, 5.41) is 3.51. The minimum absolute atomic E-state index is 0.325. The number of methoxy groups -OCH3 is 1. The molecule has 0 saturated heterocycles. The van der Waals surface area contributed by atoms with Crippen molar-refractivity contribution in [1.29, 1.82) is 0 Å². The van der Waals surface area contributed by atoms with Gasteiger partial charge in [0.05, 0.1) is 7.11 Å². The number of benzene rings is 1. The maximum atomic E-state index is 5.16. The van der Waals surface area contributed by atoms with E-state index in [1.54, 1.807) is 7.11 Å². The van der Waals surface area contributed by atoms with Crippen LogP contribution in [0.1, 0.15) is 24.4 Å². The molecule has 0 spiro atoms. The van der Waals surface area contributed by atoms with Crippen molar-refractivity contribution in [2.24, 2.45) is 7.05 Å². The molecule has 0 aliphatic carbocycles. The fraction of sp³-hybridized carbons (Fsp3) is 0.400. The zero-order valence-electron chi connectivity index (χ0n) is 11.8. The molecule has 0 bridgehead atoms. The van der Waals surface area contributed by atoms with Crippen molar-refractivity contribution in [3.63, 3.8) is 0 Å². The minimum atomic E-state index is 0.325. The molecule has 1 heterocycles. The molecule has 2 rings (SSSR count). The van der Waals surface area contributed by atoms with E-state index < -0.39 is 0 Å². The number of ether oxygens (including phenoxy) is 1. The Morgan fingerprint density at radius 3 is 2.63 bits per heavy atom. The van der Waals surface area contributed by atoms with Crippen LogP contribution in [-0.4, -0.2) is 23.2 Å². The molecule has 0 amide bonds. The van der Waals surface area contributed by atoms with Crippen molar-refractivity contribution in [2.75, 3.05) is 13.7 Å². The number of aryl methyl sites for hydroxylation is 1. The van der Waals surface area contributed by atoms with Crippen LogP contribution in [0.25, 0.3) is 0 Å². The molecular formula is C15H21N3O. The zero-order valence-corrected chi connectivity index (χ0v) is 11.8. The Balaban J connectivity index is 1.83. The Labute approximate surface area is 114 Å². The number of aromatic nitrogens is 2. The molecule has 0 radical (unpaired) electrons. The molecule has 0 aliphatic rings. The van der Waals surface area contributed by atoms with Gasteiger partial charge in [0.1, 0.15) is 11.6 Å². The predicted octanol–water partition coefficient (Wildman–Crippen LogP) is 2.32. The van der Waals surface area contributed by atoms with Crippen LogP contribution in [0.15, 0.2) is 36.7 Å². The van der Waals surface area contributed by atoms with Crippen molar-refractivity contribution < 1.29 is 4.74 Å². The van der Waals surface area contributed by atoms with Crippen molar-refractivity contribution >= 4 is 0 Å². The number of imidazole rings is 1. The third kappa shape index (κ3) is 3.58. The normalized spacial score (nSPS) is 12.4. The molecule has 2 aromatic rings. The van der Waals surface area contributed by atoms with E-state index in [4.69, 9.17) is 4.74 Å². The summed E-state index contributed by atoms with van der Waals surface area (Å²) in [4.78, 5) is 4.31. The molecule has 19 heavy (non-hydrogen) atoms. The van der Waals surface area contributed by atoms with Gasteiger partial charge < -0.3 is 14.6 Å². The number of nitrogens with zero attached hydrogens (tertiary/aromatic N) is 2. The Kier molecular flexibility index (Phi) is 4.58. The highest BCUT2D eigenvalue weighted by Gasteiger charge is 2.05. The first kappa shape index (κ1) is 13.6. The van der Waals surface area contributed by atoms with E-state index in [0.29, 0.717) is 6.04 Å². The molecule has 0 aliphatic heterocycles. The number of hydrogen-bond acceptors (Lipinski definition) is 3. The minimum Gasteiger partial charge on any atom is -0.497 e. The van der Waals surface area contributed by atoms with Gasteiger partial charge in [-0.05, 0) is 24.6 Å². The van der Waals surface area contributed by atoms with Crippen LogP contribution in [0, 0.1) is 0 Å². The lowest BCUT2D eigenvalue weighted by Gasteiger charge is -2.14. The molecule has 0 unspecified atom stereocenters. The maximum Gasteiger partial charge on any atom is 0.118 e. The lowest BCUT2D eigenvalue weighted by atomic mass is 10.1. The van der Waals surface area contributed by atoms with Crippen molar-refractivity contribution in [3.05, 3.63) is 48.0 Å². The highest BCUT2D eigenvalue weighted by Crippen LogP contribution is 2.17. The topological polar surface area (TPSA) is 39.1 Å². The quantitative estimate of drug-likeness (QED) is 0.865. The van der Waals surface area contributed by atoms with Gasteiger partial charge in [-0.2, -0.15) is 0 Å². The first-order chi connectivity index (χ1) is 9.20. The third-order valence-corrected chi connectivity index (χ3v) is 3.34. The van der Waals surface area contributed by atoms with Gasteiger partial charge in [0, 0.05) is 38.4 Å². The molecule has 0 fully saturated rings. The molecule has 1 aromatic carbocycles. The molecule has 102 valence electrons. The Morgan fingerprint density at radius 2 is 2.05 bits per heavy atom. The maximum absolute atomic E-state index is 5.16. The molecule has 4 nitrogen and oxygen atoms in total. The Hall–Kier alpha value is -1.81. The first-order valence-corrected chi connectivity index (χ1v) is 6.54. The summed E-state index contributed by atoms with van der Waals surface area (Å²) >= 11 is 0. The highest BCUT2D eigenvalue weighted by atomic mass is 16.5. The molecular weight excluding hydrogens is 238 g/mol. The second-order valence-electron chi connectivity index (χ2n) is 4.65. The zero-order chi connectivity index (χ0) is 13.7. The SMILES string of the molecule is COc1ccc([C@H](C)NCCc2nccn2C)cc1. The predicted molar refractivity (Wildman–Crippen MR) is 76.3 cm³/mol. The Morgan fingerprint density at radius 1 is 1.32 bits per heavy atom. The van der Waals surface area contributed by atoms with Crippen LogP contribution in [0.3, 0.4) is 0 Å². The first-order valence-electron chi connectivity index (χ1n) is 6.54. The van der Waals surface area contributed by atoms with Crippen LogP contribution >= 0.6 is 0 Å².